The van der Waals surface area contributed by atoms with Gasteiger partial charge in [0.25, 0.3) is 0 Å². The van der Waals surface area contributed by atoms with E-state index in [1.165, 1.54) is 0 Å². The molecule has 0 saturated carbocycles. The Hall–Kier alpha value is -2.54. The molecule has 2 rings (SSSR count). The van der Waals surface area contributed by atoms with Gasteiger partial charge in [-0.15, -0.1) is 0 Å². The van der Waals surface area contributed by atoms with Gasteiger partial charge in [-0.25, -0.2) is 8.42 Å². The molecule has 0 unspecified atom stereocenters. The third kappa shape index (κ3) is 6.22. The number of carbonyl (C=O) groups is 1. The van der Waals surface area contributed by atoms with Crippen LogP contribution in [0.3, 0.4) is 0 Å². The van der Waals surface area contributed by atoms with Crippen molar-refractivity contribution >= 4 is 21.6 Å². The fourth-order valence-electron chi connectivity index (χ4n) is 3.03. The van der Waals surface area contributed by atoms with Crippen molar-refractivity contribution in [2.24, 2.45) is 0 Å². The fourth-order valence-corrected chi connectivity index (χ4v) is 4.20. The first-order valence-electron chi connectivity index (χ1n) is 9.70. The van der Waals surface area contributed by atoms with Crippen molar-refractivity contribution in [1.29, 1.82) is 0 Å². The van der Waals surface area contributed by atoms with Crippen LogP contribution >= 0.6 is 0 Å². The number of aryl methyl sites for hydroxylation is 2. The molecular formula is C22H30N2O4S. The van der Waals surface area contributed by atoms with E-state index in [4.69, 9.17) is 4.74 Å². The van der Waals surface area contributed by atoms with Crippen molar-refractivity contribution in [3.63, 3.8) is 0 Å². The lowest BCUT2D eigenvalue weighted by molar-refractivity contribution is -0.122. The first-order valence-corrected chi connectivity index (χ1v) is 11.6. The predicted molar refractivity (Wildman–Crippen MR) is 117 cm³/mol. The molecule has 0 bridgehead atoms. The van der Waals surface area contributed by atoms with Crippen LogP contribution in [-0.2, 0) is 21.2 Å². The Balaban J connectivity index is 2.07. The molecule has 0 spiro atoms. The minimum absolute atomic E-state index is 0.284. The van der Waals surface area contributed by atoms with Crippen molar-refractivity contribution in [1.82, 2.24) is 5.32 Å². The van der Waals surface area contributed by atoms with Gasteiger partial charge in [0.1, 0.15) is 18.4 Å². The van der Waals surface area contributed by atoms with E-state index in [-0.39, 0.29) is 18.6 Å². The molecular weight excluding hydrogens is 388 g/mol. The fraction of sp³-hybridized carbons (Fsp3) is 0.409. The number of para-hydroxylation sites is 1. The highest BCUT2D eigenvalue weighted by Crippen LogP contribution is 2.22. The molecule has 29 heavy (non-hydrogen) atoms. The largest absolute Gasteiger partial charge is 0.491 e. The van der Waals surface area contributed by atoms with Gasteiger partial charge in [-0.3, -0.25) is 9.10 Å². The second kappa shape index (κ2) is 9.78. The van der Waals surface area contributed by atoms with Crippen LogP contribution in [0, 0.1) is 6.92 Å². The van der Waals surface area contributed by atoms with Crippen LogP contribution in [0.1, 0.15) is 31.9 Å². The summed E-state index contributed by atoms with van der Waals surface area (Å²) in [7, 11) is -3.64. The summed E-state index contributed by atoms with van der Waals surface area (Å²) in [5.41, 5.74) is 2.58. The highest BCUT2D eigenvalue weighted by Gasteiger charge is 2.29. The van der Waals surface area contributed by atoms with Crippen molar-refractivity contribution in [2.75, 3.05) is 17.2 Å². The van der Waals surface area contributed by atoms with E-state index in [2.05, 4.69) is 5.32 Å². The first kappa shape index (κ1) is 22.7. The number of nitrogens with one attached hydrogen (secondary N) is 1. The lowest BCUT2D eigenvalue weighted by atomic mass is 10.1. The van der Waals surface area contributed by atoms with Gasteiger partial charge >= 0.3 is 0 Å². The smallest absolute Gasteiger partial charge is 0.243 e. The summed E-state index contributed by atoms with van der Waals surface area (Å²) < 4.78 is 31.7. The van der Waals surface area contributed by atoms with E-state index in [1.54, 1.807) is 19.1 Å². The molecule has 0 aliphatic carbocycles. The summed E-state index contributed by atoms with van der Waals surface area (Å²) in [6, 6.07) is 13.7. The molecule has 2 aromatic rings. The summed E-state index contributed by atoms with van der Waals surface area (Å²) in [6.45, 7) is 7.67. The Labute approximate surface area is 173 Å². The maximum atomic E-state index is 12.7. The molecule has 2 atom stereocenters. The normalized spacial score (nSPS) is 13.4. The maximum absolute atomic E-state index is 12.7. The molecule has 0 aliphatic heterocycles. The Morgan fingerprint density at radius 1 is 1.10 bits per heavy atom. The van der Waals surface area contributed by atoms with Gasteiger partial charge in [0, 0.05) is 0 Å². The van der Waals surface area contributed by atoms with E-state index in [0.717, 1.165) is 33.9 Å². The van der Waals surface area contributed by atoms with Gasteiger partial charge in [-0.1, -0.05) is 37.3 Å². The number of benzene rings is 2. The first-order chi connectivity index (χ1) is 13.6. The van der Waals surface area contributed by atoms with Crippen LogP contribution in [0.2, 0.25) is 0 Å². The number of anilines is 1. The van der Waals surface area contributed by atoms with E-state index in [0.29, 0.717) is 5.69 Å². The van der Waals surface area contributed by atoms with Crippen molar-refractivity contribution in [3.05, 3.63) is 59.7 Å². The number of nitrogens with zero attached hydrogens (tertiary/aromatic N) is 1. The van der Waals surface area contributed by atoms with Gasteiger partial charge in [0.05, 0.1) is 18.0 Å². The van der Waals surface area contributed by atoms with Crippen molar-refractivity contribution < 1.29 is 17.9 Å². The Kier molecular flexibility index (Phi) is 7.67. The van der Waals surface area contributed by atoms with Crippen LogP contribution < -0.4 is 14.4 Å². The van der Waals surface area contributed by atoms with E-state index < -0.39 is 16.1 Å². The molecule has 1 amide bonds. The zero-order valence-electron chi connectivity index (χ0n) is 17.7. The van der Waals surface area contributed by atoms with Crippen molar-refractivity contribution in [3.8, 4) is 5.75 Å². The second-order valence-corrected chi connectivity index (χ2v) is 9.10. The number of amides is 1. The van der Waals surface area contributed by atoms with Crippen LogP contribution in [-0.4, -0.2) is 39.3 Å². The quantitative estimate of drug-likeness (QED) is 0.678. The molecule has 0 fully saturated rings. The van der Waals surface area contributed by atoms with E-state index in [9.17, 15) is 13.2 Å². The van der Waals surface area contributed by atoms with Gasteiger partial charge in [0.15, 0.2) is 0 Å². The molecule has 1 N–H and O–H groups in total. The zero-order chi connectivity index (χ0) is 21.6. The Morgan fingerprint density at radius 3 is 2.28 bits per heavy atom. The topological polar surface area (TPSA) is 75.7 Å². The monoisotopic (exact) mass is 418 g/mol. The molecule has 2 aromatic carbocycles. The minimum atomic E-state index is -3.64. The number of rotatable bonds is 9. The molecule has 7 heteroatoms. The summed E-state index contributed by atoms with van der Waals surface area (Å²) in [5, 5.41) is 2.84. The molecule has 6 nitrogen and oxygen atoms in total. The summed E-state index contributed by atoms with van der Waals surface area (Å²) in [4.78, 5) is 12.7. The second-order valence-electron chi connectivity index (χ2n) is 7.24. The van der Waals surface area contributed by atoms with Crippen molar-refractivity contribution in [2.45, 2.75) is 46.2 Å². The highest BCUT2D eigenvalue weighted by molar-refractivity contribution is 7.92. The third-order valence-corrected chi connectivity index (χ3v) is 5.90. The molecule has 0 aliphatic rings. The number of hydrogen-bond donors (Lipinski definition) is 1. The van der Waals surface area contributed by atoms with Gasteiger partial charge in [-0.05, 0) is 56.5 Å². The number of sulfonamides is 1. The standard InChI is InChI=1S/C22H30N2O4S/c1-6-19-11-13-20(14-12-19)24(29(5,26)27)18(4)22(25)23-17(3)15-28-21-10-8-7-9-16(21)2/h7-14,17-18H,6,15H2,1-5H3,(H,23,25)/t17-,18-/m1/s1. The van der Waals surface area contributed by atoms with Crippen LogP contribution in [0.25, 0.3) is 0 Å². The van der Waals surface area contributed by atoms with Gasteiger partial charge in [-0.2, -0.15) is 0 Å². The summed E-state index contributed by atoms with van der Waals surface area (Å²) in [5.74, 6) is 0.381. The van der Waals surface area contributed by atoms with E-state index >= 15 is 0 Å². The number of hydrogen-bond acceptors (Lipinski definition) is 4. The van der Waals surface area contributed by atoms with Gasteiger partial charge in [0.2, 0.25) is 15.9 Å². The lowest BCUT2D eigenvalue weighted by Crippen LogP contribution is -2.50. The summed E-state index contributed by atoms with van der Waals surface area (Å²) >= 11 is 0. The number of ether oxygens (including phenoxy) is 1. The molecule has 0 saturated heterocycles. The molecule has 0 radical (unpaired) electrons. The average Bonchev–Trinajstić information content (AvgIpc) is 2.67. The van der Waals surface area contributed by atoms with Crippen LogP contribution in [0.15, 0.2) is 48.5 Å². The molecule has 158 valence electrons. The molecule has 0 heterocycles. The zero-order valence-corrected chi connectivity index (χ0v) is 18.5. The molecule has 0 aromatic heterocycles. The van der Waals surface area contributed by atoms with E-state index in [1.807, 2.05) is 57.2 Å². The third-order valence-electron chi connectivity index (χ3n) is 4.66. The van der Waals surface area contributed by atoms with Crippen LogP contribution in [0.4, 0.5) is 5.69 Å². The maximum Gasteiger partial charge on any atom is 0.243 e. The number of carbonyl (C=O) groups excluding carboxylic acids is 1. The minimum Gasteiger partial charge on any atom is -0.491 e. The Morgan fingerprint density at radius 2 is 1.72 bits per heavy atom. The SMILES string of the molecule is CCc1ccc(N([C@H](C)C(=O)N[C@H](C)COc2ccccc2C)S(C)(=O)=O)cc1. The predicted octanol–water partition coefficient (Wildman–Crippen LogP) is 3.30. The lowest BCUT2D eigenvalue weighted by Gasteiger charge is -2.29. The highest BCUT2D eigenvalue weighted by atomic mass is 32.2. The summed E-state index contributed by atoms with van der Waals surface area (Å²) in [6.07, 6.45) is 1.96. The van der Waals surface area contributed by atoms with Crippen LogP contribution in [0.5, 0.6) is 5.75 Å². The Bertz CT molecular complexity index is 926. The average molecular weight is 419 g/mol. The van der Waals surface area contributed by atoms with Gasteiger partial charge < -0.3 is 10.1 Å².